The number of methoxy groups -OCH3 is 1. The zero-order chi connectivity index (χ0) is 17.6. The number of aliphatic hydroxyl groups is 1. The standard InChI is InChI=1S/C20H25NO4/c1-15(13-22)10-21(11-16-6-4-3-5-7-16)12-17-8-18(23-2)20-19(9-17)24-14-25-20/h3-9,15,22H,10-14H2,1-2H3. The Labute approximate surface area is 148 Å². The Morgan fingerprint density at radius 1 is 1.12 bits per heavy atom. The third-order valence-corrected chi connectivity index (χ3v) is 4.25. The average Bonchev–Trinajstić information content (AvgIpc) is 3.10. The van der Waals surface area contributed by atoms with Crippen molar-refractivity contribution in [2.75, 3.05) is 27.1 Å². The van der Waals surface area contributed by atoms with Crippen molar-refractivity contribution in [3.63, 3.8) is 0 Å². The molecular formula is C20H25NO4. The molecule has 1 aliphatic rings. The topological polar surface area (TPSA) is 51.2 Å². The molecule has 0 fully saturated rings. The van der Waals surface area contributed by atoms with Gasteiger partial charge in [-0.3, -0.25) is 4.90 Å². The van der Waals surface area contributed by atoms with Crippen LogP contribution < -0.4 is 14.2 Å². The van der Waals surface area contributed by atoms with Crippen molar-refractivity contribution in [1.29, 1.82) is 0 Å². The highest BCUT2D eigenvalue weighted by Crippen LogP contribution is 2.42. The average molecular weight is 343 g/mol. The first kappa shape index (κ1) is 17.6. The van der Waals surface area contributed by atoms with Crippen LogP contribution in [-0.2, 0) is 13.1 Å². The van der Waals surface area contributed by atoms with Crippen molar-refractivity contribution in [3.8, 4) is 17.2 Å². The van der Waals surface area contributed by atoms with E-state index in [9.17, 15) is 5.11 Å². The fourth-order valence-corrected chi connectivity index (χ4v) is 3.06. The summed E-state index contributed by atoms with van der Waals surface area (Å²) in [5, 5.41) is 9.44. The van der Waals surface area contributed by atoms with E-state index in [-0.39, 0.29) is 19.3 Å². The van der Waals surface area contributed by atoms with Crippen molar-refractivity contribution in [2.24, 2.45) is 5.92 Å². The maximum absolute atomic E-state index is 9.44. The highest BCUT2D eigenvalue weighted by Gasteiger charge is 2.21. The van der Waals surface area contributed by atoms with Crippen LogP contribution in [0.4, 0.5) is 0 Å². The lowest BCUT2D eigenvalue weighted by Crippen LogP contribution is -2.29. The van der Waals surface area contributed by atoms with Gasteiger partial charge in [0.2, 0.25) is 12.5 Å². The van der Waals surface area contributed by atoms with Gasteiger partial charge in [-0.05, 0) is 29.2 Å². The SMILES string of the molecule is COc1cc(CN(Cc2ccccc2)CC(C)CO)cc2c1OCO2. The molecule has 1 heterocycles. The number of rotatable bonds is 8. The van der Waals surface area contributed by atoms with Gasteiger partial charge in [-0.15, -0.1) is 0 Å². The lowest BCUT2D eigenvalue weighted by Gasteiger charge is -2.25. The fourth-order valence-electron chi connectivity index (χ4n) is 3.06. The molecule has 2 aromatic rings. The van der Waals surface area contributed by atoms with Gasteiger partial charge in [0.1, 0.15) is 0 Å². The molecule has 1 unspecified atom stereocenters. The van der Waals surface area contributed by atoms with Crippen molar-refractivity contribution >= 4 is 0 Å². The number of aliphatic hydroxyl groups excluding tert-OH is 1. The Kier molecular flexibility index (Phi) is 5.79. The molecule has 0 bridgehead atoms. The van der Waals surface area contributed by atoms with E-state index in [0.717, 1.165) is 30.9 Å². The van der Waals surface area contributed by atoms with E-state index in [2.05, 4.69) is 24.0 Å². The Balaban J connectivity index is 1.79. The Morgan fingerprint density at radius 2 is 1.88 bits per heavy atom. The van der Waals surface area contributed by atoms with Crippen LogP contribution in [0.5, 0.6) is 17.2 Å². The molecule has 25 heavy (non-hydrogen) atoms. The van der Waals surface area contributed by atoms with Gasteiger partial charge < -0.3 is 19.3 Å². The normalized spacial score (nSPS) is 13.9. The summed E-state index contributed by atoms with van der Waals surface area (Å²) in [5.41, 5.74) is 2.35. The molecule has 1 aliphatic heterocycles. The second-order valence-electron chi connectivity index (χ2n) is 6.47. The van der Waals surface area contributed by atoms with Crippen LogP contribution in [0.25, 0.3) is 0 Å². The molecule has 0 aromatic heterocycles. The van der Waals surface area contributed by atoms with Crippen LogP contribution >= 0.6 is 0 Å². The van der Waals surface area contributed by atoms with E-state index >= 15 is 0 Å². The summed E-state index contributed by atoms with van der Waals surface area (Å²) < 4.78 is 16.4. The van der Waals surface area contributed by atoms with Gasteiger partial charge in [0.15, 0.2) is 11.5 Å². The minimum absolute atomic E-state index is 0.176. The third kappa shape index (κ3) is 4.44. The number of fused-ring (bicyclic) bond motifs is 1. The van der Waals surface area contributed by atoms with Crippen LogP contribution in [0.2, 0.25) is 0 Å². The Morgan fingerprint density at radius 3 is 2.60 bits per heavy atom. The summed E-state index contributed by atoms with van der Waals surface area (Å²) in [7, 11) is 1.64. The van der Waals surface area contributed by atoms with Crippen molar-refractivity contribution in [1.82, 2.24) is 4.90 Å². The van der Waals surface area contributed by atoms with Gasteiger partial charge in [0.05, 0.1) is 7.11 Å². The number of ether oxygens (including phenoxy) is 3. The number of hydrogen-bond acceptors (Lipinski definition) is 5. The molecule has 0 saturated carbocycles. The summed E-state index contributed by atoms with van der Waals surface area (Å²) in [5.74, 6) is 2.30. The summed E-state index contributed by atoms with van der Waals surface area (Å²) in [6, 6.07) is 14.4. The van der Waals surface area contributed by atoms with Gasteiger partial charge in [0.25, 0.3) is 0 Å². The maximum Gasteiger partial charge on any atom is 0.231 e. The molecule has 0 aliphatic carbocycles. The minimum Gasteiger partial charge on any atom is -0.493 e. The Bertz CT molecular complexity index is 690. The molecular weight excluding hydrogens is 318 g/mol. The molecule has 0 radical (unpaired) electrons. The van der Waals surface area contributed by atoms with E-state index in [1.165, 1.54) is 5.56 Å². The molecule has 0 amide bonds. The van der Waals surface area contributed by atoms with Gasteiger partial charge in [-0.25, -0.2) is 0 Å². The molecule has 0 spiro atoms. The van der Waals surface area contributed by atoms with Gasteiger partial charge in [-0.1, -0.05) is 37.3 Å². The first-order valence-corrected chi connectivity index (χ1v) is 8.53. The van der Waals surface area contributed by atoms with E-state index in [1.54, 1.807) is 7.11 Å². The van der Waals surface area contributed by atoms with E-state index in [4.69, 9.17) is 14.2 Å². The summed E-state index contributed by atoms with van der Waals surface area (Å²) >= 11 is 0. The smallest absolute Gasteiger partial charge is 0.231 e. The zero-order valence-corrected chi connectivity index (χ0v) is 14.8. The quantitative estimate of drug-likeness (QED) is 0.798. The van der Waals surface area contributed by atoms with Crippen LogP contribution in [0.1, 0.15) is 18.1 Å². The van der Waals surface area contributed by atoms with Gasteiger partial charge in [0, 0.05) is 26.2 Å². The summed E-state index contributed by atoms with van der Waals surface area (Å²) in [6.45, 7) is 4.83. The first-order valence-electron chi connectivity index (χ1n) is 8.53. The predicted molar refractivity (Wildman–Crippen MR) is 95.9 cm³/mol. The van der Waals surface area contributed by atoms with Crippen molar-refractivity contribution in [3.05, 3.63) is 53.6 Å². The molecule has 5 heteroatoms. The Hall–Kier alpha value is -2.24. The summed E-state index contributed by atoms with van der Waals surface area (Å²) in [6.07, 6.45) is 0. The van der Waals surface area contributed by atoms with E-state index in [1.807, 2.05) is 30.3 Å². The predicted octanol–water partition coefficient (Wildman–Crippen LogP) is 3.05. The van der Waals surface area contributed by atoms with E-state index < -0.39 is 0 Å². The molecule has 134 valence electrons. The van der Waals surface area contributed by atoms with Gasteiger partial charge >= 0.3 is 0 Å². The largest absolute Gasteiger partial charge is 0.493 e. The minimum atomic E-state index is 0.176. The lowest BCUT2D eigenvalue weighted by atomic mass is 10.1. The molecule has 5 nitrogen and oxygen atoms in total. The van der Waals surface area contributed by atoms with E-state index in [0.29, 0.717) is 11.5 Å². The molecule has 3 rings (SSSR count). The lowest BCUT2D eigenvalue weighted by molar-refractivity contribution is 0.163. The fraction of sp³-hybridized carbons (Fsp3) is 0.400. The van der Waals surface area contributed by atoms with Gasteiger partial charge in [-0.2, -0.15) is 0 Å². The van der Waals surface area contributed by atoms with Crippen LogP contribution in [0.3, 0.4) is 0 Å². The van der Waals surface area contributed by atoms with Crippen LogP contribution in [-0.4, -0.2) is 37.1 Å². The van der Waals surface area contributed by atoms with Crippen LogP contribution in [0.15, 0.2) is 42.5 Å². The second-order valence-corrected chi connectivity index (χ2v) is 6.47. The summed E-state index contributed by atoms with van der Waals surface area (Å²) in [4.78, 5) is 2.33. The number of hydrogen-bond donors (Lipinski definition) is 1. The highest BCUT2D eigenvalue weighted by molar-refractivity contribution is 5.55. The van der Waals surface area contributed by atoms with Crippen LogP contribution in [0, 0.1) is 5.92 Å². The monoisotopic (exact) mass is 343 g/mol. The highest BCUT2D eigenvalue weighted by atomic mass is 16.7. The zero-order valence-electron chi connectivity index (χ0n) is 14.8. The van der Waals surface area contributed by atoms with Crippen molar-refractivity contribution < 1.29 is 19.3 Å². The third-order valence-electron chi connectivity index (χ3n) is 4.25. The number of benzene rings is 2. The molecule has 0 saturated heterocycles. The molecule has 2 aromatic carbocycles. The van der Waals surface area contributed by atoms with Crippen molar-refractivity contribution in [2.45, 2.75) is 20.0 Å². The molecule has 1 N–H and O–H groups in total. The first-order chi connectivity index (χ1) is 12.2. The number of nitrogens with zero attached hydrogens (tertiary/aromatic N) is 1. The maximum atomic E-state index is 9.44. The second kappa shape index (κ2) is 8.23. The molecule has 1 atom stereocenters.